The minimum atomic E-state index is -2.42. The summed E-state index contributed by atoms with van der Waals surface area (Å²) >= 11 is 5.85. The van der Waals surface area contributed by atoms with Gasteiger partial charge in [0.1, 0.15) is 12.4 Å². The predicted molar refractivity (Wildman–Crippen MR) is 99.1 cm³/mol. The van der Waals surface area contributed by atoms with E-state index in [1.165, 1.54) is 0 Å². The highest BCUT2D eigenvalue weighted by atomic mass is 32.2. The second-order valence-electron chi connectivity index (χ2n) is 4.92. The van der Waals surface area contributed by atoms with Gasteiger partial charge in [0.15, 0.2) is 5.11 Å². The van der Waals surface area contributed by atoms with Gasteiger partial charge in [0.05, 0.1) is 6.54 Å². The van der Waals surface area contributed by atoms with E-state index in [4.69, 9.17) is 17.0 Å². The van der Waals surface area contributed by atoms with E-state index < -0.39 is 5.76 Å². The normalized spacial score (nSPS) is 10.5. The fourth-order valence-electron chi connectivity index (χ4n) is 1.86. The van der Waals surface area contributed by atoms with Crippen molar-refractivity contribution >= 4 is 34.8 Å². The molecule has 0 amide bonds. The van der Waals surface area contributed by atoms with Crippen LogP contribution in [0.3, 0.4) is 0 Å². The number of ether oxygens (including phenoxy) is 1. The first kappa shape index (κ1) is 18.5. The third kappa shape index (κ3) is 6.33. The lowest BCUT2D eigenvalue weighted by molar-refractivity contribution is 0.252. The largest absolute Gasteiger partial charge is 0.492 e. The Morgan fingerprint density at radius 3 is 2.46 bits per heavy atom. The highest BCUT2D eigenvalue weighted by Crippen LogP contribution is 2.26. The minimum absolute atomic E-state index is 0.506. The van der Waals surface area contributed by atoms with Crippen LogP contribution in [0.2, 0.25) is 0 Å². The van der Waals surface area contributed by atoms with Crippen LogP contribution in [0.15, 0.2) is 59.5 Å². The van der Waals surface area contributed by atoms with E-state index in [1.807, 2.05) is 42.3 Å². The van der Waals surface area contributed by atoms with Gasteiger partial charge in [-0.05, 0) is 48.6 Å². The number of hydrogen-bond acceptors (Lipinski definition) is 3. The third-order valence-electron chi connectivity index (χ3n) is 3.12. The molecule has 1 N–H and O–H groups in total. The van der Waals surface area contributed by atoms with Gasteiger partial charge in [-0.15, -0.1) is 0 Å². The van der Waals surface area contributed by atoms with Crippen LogP contribution in [0, 0.1) is 0 Å². The number of halogens is 2. The molecule has 3 nitrogen and oxygen atoms in total. The van der Waals surface area contributed by atoms with Crippen LogP contribution >= 0.6 is 24.0 Å². The second-order valence-corrected chi connectivity index (χ2v) is 6.37. The number of para-hydroxylation sites is 1. The number of thioether (sulfide) groups is 1. The van der Waals surface area contributed by atoms with Gasteiger partial charge in [-0.1, -0.05) is 30.0 Å². The molecule has 0 heterocycles. The maximum absolute atomic E-state index is 12.3. The lowest BCUT2D eigenvalue weighted by Gasteiger charge is -2.21. The molecular formula is C17H18F2N2OS2. The summed E-state index contributed by atoms with van der Waals surface area (Å²) in [5, 5.41) is 3.62. The van der Waals surface area contributed by atoms with Crippen LogP contribution in [0.4, 0.5) is 14.5 Å². The number of hydrogen-bond donors (Lipinski definition) is 1. The summed E-state index contributed by atoms with van der Waals surface area (Å²) in [6.45, 7) is 1.13. The molecular weight excluding hydrogens is 350 g/mol. The van der Waals surface area contributed by atoms with Crippen molar-refractivity contribution in [3.8, 4) is 5.75 Å². The average molecular weight is 368 g/mol. The molecule has 2 aromatic carbocycles. The number of rotatable bonds is 7. The number of anilines is 1. The van der Waals surface area contributed by atoms with Gasteiger partial charge in [-0.3, -0.25) is 0 Å². The molecule has 0 aliphatic heterocycles. The van der Waals surface area contributed by atoms with Crippen molar-refractivity contribution in [2.75, 3.05) is 25.5 Å². The Morgan fingerprint density at radius 2 is 1.83 bits per heavy atom. The van der Waals surface area contributed by atoms with Gasteiger partial charge in [0.25, 0.3) is 5.76 Å². The number of likely N-dealkylation sites (N-methyl/N-ethyl adjacent to an activating group) is 1. The average Bonchev–Trinajstić information content (AvgIpc) is 2.57. The predicted octanol–water partition coefficient (Wildman–Crippen LogP) is 4.71. The Morgan fingerprint density at radius 1 is 1.17 bits per heavy atom. The Bertz CT molecular complexity index is 639. The zero-order chi connectivity index (χ0) is 17.4. The number of nitrogens with one attached hydrogen (secondary N) is 1. The molecule has 128 valence electrons. The molecule has 2 aromatic rings. The Kier molecular flexibility index (Phi) is 7.27. The van der Waals surface area contributed by atoms with E-state index in [9.17, 15) is 8.78 Å². The van der Waals surface area contributed by atoms with Gasteiger partial charge < -0.3 is 15.0 Å². The molecule has 0 aliphatic carbocycles. The summed E-state index contributed by atoms with van der Waals surface area (Å²) < 4.78 is 30.2. The molecule has 7 heteroatoms. The summed E-state index contributed by atoms with van der Waals surface area (Å²) in [6.07, 6.45) is 0. The molecule has 0 aromatic heterocycles. The van der Waals surface area contributed by atoms with Gasteiger partial charge in [-0.2, -0.15) is 8.78 Å². The Balaban J connectivity index is 1.76. The maximum Gasteiger partial charge on any atom is 0.288 e. The van der Waals surface area contributed by atoms with Crippen LogP contribution in [0.5, 0.6) is 5.75 Å². The quantitative estimate of drug-likeness (QED) is 0.564. The zero-order valence-corrected chi connectivity index (χ0v) is 14.7. The van der Waals surface area contributed by atoms with Gasteiger partial charge in [0.2, 0.25) is 0 Å². The van der Waals surface area contributed by atoms with E-state index in [2.05, 4.69) is 5.32 Å². The van der Waals surface area contributed by atoms with Crippen molar-refractivity contribution in [3.05, 3.63) is 54.6 Å². The van der Waals surface area contributed by atoms with E-state index in [0.717, 1.165) is 11.4 Å². The lowest BCUT2D eigenvalue weighted by Crippen LogP contribution is -2.34. The molecule has 0 saturated heterocycles. The van der Waals surface area contributed by atoms with Crippen molar-refractivity contribution in [1.29, 1.82) is 0 Å². The lowest BCUT2D eigenvalue weighted by atomic mass is 10.3. The van der Waals surface area contributed by atoms with Crippen molar-refractivity contribution in [1.82, 2.24) is 4.90 Å². The molecule has 0 unspecified atom stereocenters. The topological polar surface area (TPSA) is 24.5 Å². The monoisotopic (exact) mass is 368 g/mol. The Hall–Kier alpha value is -1.86. The smallest absolute Gasteiger partial charge is 0.288 e. The van der Waals surface area contributed by atoms with E-state index in [0.29, 0.717) is 34.9 Å². The van der Waals surface area contributed by atoms with E-state index in [-0.39, 0.29) is 0 Å². The number of alkyl halides is 2. The fourth-order valence-corrected chi connectivity index (χ4v) is 2.57. The van der Waals surface area contributed by atoms with Crippen LogP contribution in [-0.2, 0) is 0 Å². The first-order chi connectivity index (χ1) is 11.5. The van der Waals surface area contributed by atoms with Crippen LogP contribution in [-0.4, -0.2) is 36.0 Å². The van der Waals surface area contributed by atoms with Crippen molar-refractivity contribution < 1.29 is 13.5 Å². The first-order valence-corrected chi connectivity index (χ1v) is 8.58. The van der Waals surface area contributed by atoms with Crippen molar-refractivity contribution in [3.63, 3.8) is 0 Å². The van der Waals surface area contributed by atoms with Gasteiger partial charge in [-0.25, -0.2) is 0 Å². The molecule has 0 aliphatic rings. The van der Waals surface area contributed by atoms with Crippen LogP contribution < -0.4 is 10.1 Å². The molecule has 0 spiro atoms. The molecule has 0 bridgehead atoms. The zero-order valence-electron chi connectivity index (χ0n) is 13.1. The maximum atomic E-state index is 12.3. The summed E-state index contributed by atoms with van der Waals surface area (Å²) in [4.78, 5) is 2.38. The second kappa shape index (κ2) is 9.44. The van der Waals surface area contributed by atoms with Crippen molar-refractivity contribution in [2.45, 2.75) is 10.7 Å². The van der Waals surface area contributed by atoms with Gasteiger partial charge >= 0.3 is 0 Å². The standard InChI is InChI=1S/C17H18F2N2OS2/c1-21(11-12-22-14-5-3-2-4-6-14)17(23)20-13-7-9-15(10-8-13)24-16(18)19/h2-10,16H,11-12H2,1H3,(H,20,23). The van der Waals surface area contributed by atoms with Crippen LogP contribution in [0.25, 0.3) is 0 Å². The minimum Gasteiger partial charge on any atom is -0.492 e. The summed E-state index contributed by atoms with van der Waals surface area (Å²) in [5.74, 6) is -1.60. The summed E-state index contributed by atoms with van der Waals surface area (Å²) in [7, 11) is 1.87. The summed E-state index contributed by atoms with van der Waals surface area (Å²) in [5.41, 5.74) is 0.759. The van der Waals surface area contributed by atoms with Crippen LogP contribution in [0.1, 0.15) is 0 Å². The SMILES string of the molecule is CN(CCOc1ccccc1)C(=S)Nc1ccc(SC(F)F)cc1. The van der Waals surface area contributed by atoms with Gasteiger partial charge in [0, 0.05) is 17.6 Å². The Labute approximate surface area is 150 Å². The van der Waals surface area contributed by atoms with E-state index >= 15 is 0 Å². The molecule has 0 fully saturated rings. The fraction of sp³-hybridized carbons (Fsp3) is 0.235. The number of nitrogens with zero attached hydrogens (tertiary/aromatic N) is 1. The summed E-state index contributed by atoms with van der Waals surface area (Å²) in [6, 6.07) is 16.3. The highest BCUT2D eigenvalue weighted by molar-refractivity contribution is 7.99. The van der Waals surface area contributed by atoms with Crippen molar-refractivity contribution in [2.24, 2.45) is 0 Å². The molecule has 2 rings (SSSR count). The third-order valence-corrected chi connectivity index (χ3v) is 4.25. The number of benzene rings is 2. The first-order valence-electron chi connectivity index (χ1n) is 7.29. The molecule has 24 heavy (non-hydrogen) atoms. The number of thiocarbonyl (C=S) groups is 1. The molecule has 0 radical (unpaired) electrons. The van der Waals surface area contributed by atoms with E-state index in [1.54, 1.807) is 24.3 Å². The molecule has 0 atom stereocenters. The molecule has 0 saturated carbocycles. The highest BCUT2D eigenvalue weighted by Gasteiger charge is 2.07.